The third kappa shape index (κ3) is 6.55. The van der Waals surface area contributed by atoms with Crippen LogP contribution in [0.25, 0.3) is 0 Å². The van der Waals surface area contributed by atoms with Gasteiger partial charge in [0.2, 0.25) is 0 Å². The van der Waals surface area contributed by atoms with Crippen LogP contribution in [0.5, 0.6) is 0 Å². The molecule has 1 aromatic rings. The van der Waals surface area contributed by atoms with Gasteiger partial charge in [0.1, 0.15) is 5.54 Å². The van der Waals surface area contributed by atoms with Gasteiger partial charge in [0, 0.05) is 57.2 Å². The molecule has 31 heavy (non-hydrogen) atoms. The number of hydrogen-bond donors (Lipinski definition) is 2. The first-order valence-corrected chi connectivity index (χ1v) is 11.8. The molecule has 0 bridgehead atoms. The number of aliphatic imine (C=N–C) groups is 1. The number of urea groups is 1. The van der Waals surface area contributed by atoms with E-state index in [2.05, 4.69) is 44.9 Å². The Morgan fingerprint density at radius 3 is 2.58 bits per heavy atom. The van der Waals surface area contributed by atoms with E-state index in [1.54, 1.807) is 6.92 Å². The highest BCUT2D eigenvalue weighted by molar-refractivity contribution is 14.0. The summed E-state index contributed by atoms with van der Waals surface area (Å²) in [6, 6.07) is 4.01. The Bertz CT molecular complexity index is 751. The van der Waals surface area contributed by atoms with Gasteiger partial charge in [0.15, 0.2) is 5.96 Å². The number of nitrogens with zero attached hydrogens (tertiary/aromatic N) is 4. The van der Waals surface area contributed by atoms with E-state index in [1.165, 1.54) is 9.78 Å². The van der Waals surface area contributed by atoms with Gasteiger partial charge in [-0.15, -0.1) is 35.3 Å². The van der Waals surface area contributed by atoms with Crippen molar-refractivity contribution in [3.05, 3.63) is 22.4 Å². The minimum absolute atomic E-state index is 0. The summed E-state index contributed by atoms with van der Waals surface area (Å²) < 4.78 is 0. The number of guanidine groups is 1. The van der Waals surface area contributed by atoms with Crippen LogP contribution in [0, 0.1) is 0 Å². The van der Waals surface area contributed by atoms with Crippen LogP contribution >= 0.6 is 35.3 Å². The van der Waals surface area contributed by atoms with Crippen LogP contribution in [0.3, 0.4) is 0 Å². The van der Waals surface area contributed by atoms with Crippen molar-refractivity contribution in [3.8, 4) is 0 Å². The number of rotatable bonds is 8. The number of amides is 3. The summed E-state index contributed by atoms with van der Waals surface area (Å²) in [5.74, 6) is 0.789. The van der Waals surface area contributed by atoms with E-state index in [0.29, 0.717) is 25.9 Å². The molecule has 1 atom stereocenters. The number of carbonyl (C=O) groups excluding carboxylic acids is 2. The molecule has 2 aliphatic heterocycles. The van der Waals surface area contributed by atoms with E-state index >= 15 is 0 Å². The Kier molecular flexibility index (Phi) is 10.0. The number of nitrogens with one attached hydrogen (secondary N) is 2. The number of carbonyl (C=O) groups is 2. The molecule has 3 heterocycles. The molecule has 2 fully saturated rings. The van der Waals surface area contributed by atoms with Crippen LogP contribution in [0.4, 0.5) is 4.79 Å². The number of hydrogen-bond acceptors (Lipinski definition) is 5. The van der Waals surface area contributed by atoms with Gasteiger partial charge in [-0.25, -0.2) is 4.79 Å². The van der Waals surface area contributed by atoms with E-state index in [1.807, 2.05) is 18.3 Å². The molecular weight excluding hydrogens is 527 g/mol. The van der Waals surface area contributed by atoms with Crippen molar-refractivity contribution in [2.75, 3.05) is 45.8 Å². The maximum Gasteiger partial charge on any atom is 0.325 e. The molecule has 3 rings (SSSR count). The number of imide groups is 1. The fourth-order valence-corrected chi connectivity index (χ4v) is 4.52. The van der Waals surface area contributed by atoms with Crippen molar-refractivity contribution in [2.24, 2.45) is 4.99 Å². The number of thiophene rings is 1. The molecule has 10 heteroatoms. The van der Waals surface area contributed by atoms with Crippen molar-refractivity contribution in [2.45, 2.75) is 45.7 Å². The molecule has 2 aliphatic rings. The maximum atomic E-state index is 12.5. The van der Waals surface area contributed by atoms with Gasteiger partial charge in [-0.1, -0.05) is 13.0 Å². The van der Waals surface area contributed by atoms with E-state index in [-0.39, 0.29) is 35.9 Å². The topological polar surface area (TPSA) is 80.3 Å². The van der Waals surface area contributed by atoms with E-state index in [9.17, 15) is 9.59 Å². The molecule has 1 aromatic heterocycles. The Hall–Kier alpha value is -1.40. The Morgan fingerprint density at radius 1 is 1.26 bits per heavy atom. The van der Waals surface area contributed by atoms with Gasteiger partial charge < -0.3 is 15.5 Å². The Morgan fingerprint density at radius 2 is 2.00 bits per heavy atom. The third-order valence-corrected chi connectivity index (χ3v) is 6.68. The molecule has 1 unspecified atom stereocenters. The first-order valence-electron chi connectivity index (χ1n) is 10.9. The van der Waals surface area contributed by atoms with Gasteiger partial charge in [0.25, 0.3) is 5.91 Å². The summed E-state index contributed by atoms with van der Waals surface area (Å²) in [5, 5.41) is 8.31. The second-order valence-electron chi connectivity index (χ2n) is 8.00. The molecule has 2 N–H and O–H groups in total. The van der Waals surface area contributed by atoms with E-state index in [4.69, 9.17) is 4.99 Å². The van der Waals surface area contributed by atoms with Crippen LogP contribution in [-0.2, 0) is 11.3 Å². The lowest BCUT2D eigenvalue weighted by Gasteiger charge is -2.36. The lowest BCUT2D eigenvalue weighted by atomic mass is 9.99. The fourth-order valence-electron chi connectivity index (χ4n) is 3.77. The molecule has 0 saturated carbocycles. The molecule has 0 aliphatic carbocycles. The lowest BCUT2D eigenvalue weighted by Crippen LogP contribution is -2.52. The minimum atomic E-state index is -0.766. The molecule has 174 valence electrons. The highest BCUT2D eigenvalue weighted by Crippen LogP contribution is 2.20. The Labute approximate surface area is 206 Å². The smallest absolute Gasteiger partial charge is 0.325 e. The largest absolute Gasteiger partial charge is 0.357 e. The third-order valence-electron chi connectivity index (χ3n) is 5.82. The zero-order valence-corrected chi connectivity index (χ0v) is 21.9. The van der Waals surface area contributed by atoms with Gasteiger partial charge in [-0.2, -0.15) is 0 Å². The van der Waals surface area contributed by atoms with E-state index < -0.39 is 5.54 Å². The summed E-state index contributed by atoms with van der Waals surface area (Å²) in [5.41, 5.74) is -0.766. The average Bonchev–Trinajstić information content (AvgIpc) is 3.32. The zero-order valence-electron chi connectivity index (χ0n) is 18.7. The molecule has 0 aromatic carbocycles. The molecule has 8 nitrogen and oxygen atoms in total. The van der Waals surface area contributed by atoms with Crippen LogP contribution in [0.15, 0.2) is 22.5 Å². The van der Waals surface area contributed by atoms with Crippen LogP contribution in [0.2, 0.25) is 0 Å². The first kappa shape index (κ1) is 25.9. The average molecular weight is 563 g/mol. The van der Waals surface area contributed by atoms with Gasteiger partial charge in [0.05, 0.1) is 0 Å². The van der Waals surface area contributed by atoms with Crippen LogP contribution < -0.4 is 10.6 Å². The SMILES string of the molecule is CCNC(=NCCCN1C(=O)NC(C)(CC)C1=O)N1CCN(Cc2cccs2)CC1.I. The highest BCUT2D eigenvalue weighted by atomic mass is 127. The summed E-state index contributed by atoms with van der Waals surface area (Å²) in [7, 11) is 0. The molecule has 2 saturated heterocycles. The van der Waals surface area contributed by atoms with Gasteiger partial charge in [-0.3, -0.25) is 19.6 Å². The summed E-state index contributed by atoms with van der Waals surface area (Å²) in [6.07, 6.45) is 1.25. The summed E-state index contributed by atoms with van der Waals surface area (Å²) in [6.45, 7) is 12.5. The standard InChI is InChI=1S/C21H34N6O2S.HI/c1-4-21(3)18(28)27(20(29)24-21)10-7-9-23-19(22-5-2)26-13-11-25(12-14-26)16-17-8-6-15-30-17;/h6,8,15H,4-5,7,9-14,16H2,1-3H3,(H,22,23)(H,24,29);1H. The van der Waals surface area contributed by atoms with E-state index in [0.717, 1.165) is 45.2 Å². The van der Waals surface area contributed by atoms with Crippen molar-refractivity contribution in [1.82, 2.24) is 25.3 Å². The minimum Gasteiger partial charge on any atom is -0.357 e. The molecular formula is C21H35IN6O2S. The lowest BCUT2D eigenvalue weighted by molar-refractivity contribution is -0.130. The van der Waals surface area contributed by atoms with Crippen LogP contribution in [-0.4, -0.2) is 83.9 Å². The second-order valence-corrected chi connectivity index (χ2v) is 9.04. The fraction of sp³-hybridized carbons (Fsp3) is 0.667. The monoisotopic (exact) mass is 562 g/mol. The second kappa shape index (κ2) is 12.0. The van der Waals surface area contributed by atoms with Crippen molar-refractivity contribution >= 4 is 53.2 Å². The summed E-state index contributed by atoms with van der Waals surface area (Å²) >= 11 is 1.81. The number of halogens is 1. The zero-order chi connectivity index (χ0) is 21.6. The molecule has 0 radical (unpaired) electrons. The number of piperazine rings is 1. The summed E-state index contributed by atoms with van der Waals surface area (Å²) in [4.78, 5) is 36.9. The Balaban J connectivity index is 0.00000341. The van der Waals surface area contributed by atoms with Gasteiger partial charge in [-0.05, 0) is 38.1 Å². The van der Waals surface area contributed by atoms with Crippen LogP contribution in [0.1, 0.15) is 38.5 Å². The predicted octanol–water partition coefficient (Wildman–Crippen LogP) is 2.56. The van der Waals surface area contributed by atoms with Gasteiger partial charge >= 0.3 is 6.03 Å². The van der Waals surface area contributed by atoms with Crippen molar-refractivity contribution in [1.29, 1.82) is 0 Å². The normalized spacial score (nSPS) is 22.5. The first-order chi connectivity index (χ1) is 14.5. The molecule has 0 spiro atoms. The predicted molar refractivity (Wildman–Crippen MR) is 136 cm³/mol. The van der Waals surface area contributed by atoms with Crippen molar-refractivity contribution in [3.63, 3.8) is 0 Å². The van der Waals surface area contributed by atoms with Crippen molar-refractivity contribution < 1.29 is 9.59 Å². The maximum absolute atomic E-state index is 12.5. The molecule has 3 amide bonds. The quantitative estimate of drug-likeness (QED) is 0.168. The highest BCUT2D eigenvalue weighted by Gasteiger charge is 2.45.